The van der Waals surface area contributed by atoms with Gasteiger partial charge in [0, 0.05) is 38.2 Å². The number of rotatable bonds is 4. The molecule has 0 radical (unpaired) electrons. The normalized spacial score (nSPS) is 12.0. The number of nitrogens with one attached hydrogen (secondary N) is 1. The Morgan fingerprint density at radius 3 is 2.36 bits per heavy atom. The van der Waals surface area contributed by atoms with Crippen LogP contribution in [-0.2, 0) is 9.84 Å². The number of aromatic nitrogens is 2. The fourth-order valence-corrected chi connectivity index (χ4v) is 4.98. The van der Waals surface area contributed by atoms with Gasteiger partial charge in [0.25, 0.3) is 0 Å². The first-order valence-corrected chi connectivity index (χ1v) is 11.5. The van der Waals surface area contributed by atoms with Crippen molar-refractivity contribution in [2.45, 2.75) is 35.5 Å². The summed E-state index contributed by atoms with van der Waals surface area (Å²) in [6, 6.07) is 13.3. The SMILES string of the molecule is Cc1noc(C)c1-c1ccc2[nH]c(C)c(Sc3ccc(S(C)(=O)=O)cc3)c2c1. The van der Waals surface area contributed by atoms with E-state index in [2.05, 4.69) is 28.3 Å². The van der Waals surface area contributed by atoms with E-state index >= 15 is 0 Å². The molecule has 0 aliphatic carbocycles. The molecule has 0 saturated carbocycles. The zero-order valence-corrected chi connectivity index (χ0v) is 17.7. The monoisotopic (exact) mass is 412 g/mol. The van der Waals surface area contributed by atoms with Crippen LogP contribution in [0, 0.1) is 20.8 Å². The molecule has 0 spiro atoms. The van der Waals surface area contributed by atoms with Gasteiger partial charge in [-0.25, -0.2) is 8.42 Å². The molecule has 4 aromatic rings. The molecule has 0 unspecified atom stereocenters. The second-order valence-electron chi connectivity index (χ2n) is 6.88. The molecule has 0 saturated heterocycles. The lowest BCUT2D eigenvalue weighted by Gasteiger charge is -2.05. The molecule has 0 aliphatic heterocycles. The third kappa shape index (κ3) is 3.36. The first-order valence-electron chi connectivity index (χ1n) is 8.77. The first kappa shape index (κ1) is 18.8. The van der Waals surface area contributed by atoms with Gasteiger partial charge in [0.2, 0.25) is 0 Å². The van der Waals surface area contributed by atoms with Crippen molar-refractivity contribution in [3.05, 3.63) is 59.6 Å². The minimum Gasteiger partial charge on any atom is -0.361 e. The van der Waals surface area contributed by atoms with Crippen molar-refractivity contribution in [3.8, 4) is 11.1 Å². The van der Waals surface area contributed by atoms with Gasteiger partial charge in [-0.2, -0.15) is 0 Å². The maximum absolute atomic E-state index is 11.7. The van der Waals surface area contributed by atoms with Crippen molar-refractivity contribution >= 4 is 32.5 Å². The van der Waals surface area contributed by atoms with Crippen molar-refractivity contribution in [2.24, 2.45) is 0 Å². The van der Waals surface area contributed by atoms with E-state index < -0.39 is 9.84 Å². The standard InChI is InChI=1S/C21H20N2O3S2/c1-12-20(14(3)26-23-12)15-5-10-19-18(11-15)21(13(2)22-19)27-16-6-8-17(9-7-16)28(4,24)25/h5-11,22H,1-4H3. The molecule has 2 aromatic carbocycles. The highest BCUT2D eigenvalue weighted by molar-refractivity contribution is 7.99. The van der Waals surface area contributed by atoms with E-state index in [-0.39, 0.29) is 0 Å². The summed E-state index contributed by atoms with van der Waals surface area (Å²) in [7, 11) is -3.19. The zero-order chi connectivity index (χ0) is 20.1. The Labute approximate surface area is 168 Å². The number of hydrogen-bond acceptors (Lipinski definition) is 5. The number of fused-ring (bicyclic) bond motifs is 1. The molecule has 4 rings (SSSR count). The molecule has 2 heterocycles. The molecule has 0 fully saturated rings. The molecule has 0 bridgehead atoms. The third-order valence-corrected chi connectivity index (χ3v) is 7.09. The van der Waals surface area contributed by atoms with Crippen molar-refractivity contribution in [2.75, 3.05) is 6.26 Å². The van der Waals surface area contributed by atoms with E-state index in [9.17, 15) is 8.42 Å². The van der Waals surface area contributed by atoms with Crippen LogP contribution in [0.5, 0.6) is 0 Å². The summed E-state index contributed by atoms with van der Waals surface area (Å²) in [4.78, 5) is 5.86. The average molecular weight is 413 g/mol. The highest BCUT2D eigenvalue weighted by Crippen LogP contribution is 2.39. The van der Waals surface area contributed by atoms with Gasteiger partial charge in [0.1, 0.15) is 5.76 Å². The summed E-state index contributed by atoms with van der Waals surface area (Å²) in [6.07, 6.45) is 1.22. The Bertz CT molecular complexity index is 1260. The van der Waals surface area contributed by atoms with Crippen LogP contribution >= 0.6 is 11.8 Å². The Balaban J connectivity index is 1.77. The molecule has 144 valence electrons. The van der Waals surface area contributed by atoms with Gasteiger partial charge >= 0.3 is 0 Å². The highest BCUT2D eigenvalue weighted by Gasteiger charge is 2.16. The van der Waals surface area contributed by atoms with E-state index in [1.165, 1.54) is 6.26 Å². The predicted octanol–water partition coefficient (Wildman–Crippen LogP) is 5.30. The van der Waals surface area contributed by atoms with Crippen molar-refractivity contribution in [1.82, 2.24) is 10.1 Å². The fraction of sp³-hybridized carbons (Fsp3) is 0.190. The van der Waals surface area contributed by atoms with E-state index in [0.29, 0.717) is 4.90 Å². The minimum absolute atomic E-state index is 0.327. The van der Waals surface area contributed by atoms with E-state index in [1.54, 1.807) is 23.9 Å². The lowest BCUT2D eigenvalue weighted by atomic mass is 10.0. The van der Waals surface area contributed by atoms with Crippen LogP contribution in [0.25, 0.3) is 22.0 Å². The highest BCUT2D eigenvalue weighted by atomic mass is 32.2. The van der Waals surface area contributed by atoms with Gasteiger partial charge in [0.15, 0.2) is 9.84 Å². The Kier molecular flexibility index (Phi) is 4.59. The first-order chi connectivity index (χ1) is 13.2. The predicted molar refractivity (Wildman–Crippen MR) is 112 cm³/mol. The summed E-state index contributed by atoms with van der Waals surface area (Å²) in [5, 5.41) is 5.18. The number of aromatic amines is 1. The van der Waals surface area contributed by atoms with Crippen LogP contribution in [-0.4, -0.2) is 24.8 Å². The van der Waals surface area contributed by atoms with Crippen LogP contribution < -0.4 is 0 Å². The van der Waals surface area contributed by atoms with Gasteiger partial charge in [-0.3, -0.25) is 0 Å². The lowest BCUT2D eigenvalue weighted by molar-refractivity contribution is 0.393. The van der Waals surface area contributed by atoms with Gasteiger partial charge < -0.3 is 9.51 Å². The molecule has 2 aromatic heterocycles. The summed E-state index contributed by atoms with van der Waals surface area (Å²) in [5.41, 5.74) is 5.09. The average Bonchev–Trinajstić information content (AvgIpc) is 3.13. The Morgan fingerprint density at radius 2 is 1.75 bits per heavy atom. The van der Waals surface area contributed by atoms with Gasteiger partial charge in [-0.15, -0.1) is 0 Å². The number of nitrogens with zero attached hydrogens (tertiary/aromatic N) is 1. The molecular weight excluding hydrogens is 392 g/mol. The number of sulfone groups is 1. The molecule has 7 heteroatoms. The quantitative estimate of drug-likeness (QED) is 0.492. The van der Waals surface area contributed by atoms with Crippen LogP contribution in [0.1, 0.15) is 17.1 Å². The van der Waals surface area contributed by atoms with E-state index in [0.717, 1.165) is 49.0 Å². The van der Waals surface area contributed by atoms with Crippen LogP contribution in [0.15, 0.2) is 61.7 Å². The van der Waals surface area contributed by atoms with Crippen LogP contribution in [0.2, 0.25) is 0 Å². The molecule has 0 amide bonds. The Morgan fingerprint density at radius 1 is 1.04 bits per heavy atom. The molecule has 28 heavy (non-hydrogen) atoms. The zero-order valence-electron chi connectivity index (χ0n) is 16.0. The molecular formula is C21H20N2O3S2. The molecule has 0 aliphatic rings. The van der Waals surface area contributed by atoms with Crippen molar-refractivity contribution in [1.29, 1.82) is 0 Å². The van der Waals surface area contributed by atoms with Gasteiger partial charge in [-0.05, 0) is 62.7 Å². The number of H-pyrrole nitrogens is 1. The van der Waals surface area contributed by atoms with Crippen molar-refractivity contribution in [3.63, 3.8) is 0 Å². The number of benzene rings is 2. The third-order valence-electron chi connectivity index (χ3n) is 4.72. The largest absolute Gasteiger partial charge is 0.361 e. The fourth-order valence-electron chi connectivity index (χ4n) is 3.36. The lowest BCUT2D eigenvalue weighted by Crippen LogP contribution is -1.95. The van der Waals surface area contributed by atoms with Crippen molar-refractivity contribution < 1.29 is 12.9 Å². The molecule has 1 N–H and O–H groups in total. The van der Waals surface area contributed by atoms with Gasteiger partial charge in [-0.1, -0.05) is 23.0 Å². The second-order valence-corrected chi connectivity index (χ2v) is 9.98. The summed E-state index contributed by atoms with van der Waals surface area (Å²) < 4.78 is 28.7. The van der Waals surface area contributed by atoms with Crippen LogP contribution in [0.4, 0.5) is 0 Å². The number of aryl methyl sites for hydroxylation is 3. The maximum Gasteiger partial charge on any atom is 0.175 e. The van der Waals surface area contributed by atoms with Gasteiger partial charge in [0.05, 0.1) is 10.6 Å². The van der Waals surface area contributed by atoms with Crippen LogP contribution in [0.3, 0.4) is 0 Å². The molecule has 5 nitrogen and oxygen atoms in total. The summed E-state index contributed by atoms with van der Waals surface area (Å²) >= 11 is 1.62. The van der Waals surface area contributed by atoms with E-state index in [1.807, 2.05) is 32.9 Å². The topological polar surface area (TPSA) is 76.0 Å². The summed E-state index contributed by atoms with van der Waals surface area (Å²) in [6.45, 7) is 5.90. The minimum atomic E-state index is -3.19. The second kappa shape index (κ2) is 6.83. The Hall–Kier alpha value is -2.51. The maximum atomic E-state index is 11.7. The van der Waals surface area contributed by atoms with E-state index in [4.69, 9.17) is 4.52 Å². The molecule has 0 atom stereocenters. The number of hydrogen-bond donors (Lipinski definition) is 1. The summed E-state index contributed by atoms with van der Waals surface area (Å²) in [5.74, 6) is 0.801. The smallest absolute Gasteiger partial charge is 0.175 e.